The van der Waals surface area contributed by atoms with Crippen molar-refractivity contribution in [3.8, 4) is 0 Å². The molecule has 0 aromatic rings. The van der Waals surface area contributed by atoms with E-state index in [0.717, 1.165) is 19.3 Å². The van der Waals surface area contributed by atoms with Gasteiger partial charge in [0.1, 0.15) is 0 Å². The normalized spacial score (nSPS) is 10.8. The Kier molecular flexibility index (Phi) is 11.2. The summed E-state index contributed by atoms with van der Waals surface area (Å²) in [6, 6.07) is 0. The van der Waals surface area contributed by atoms with Gasteiger partial charge in [-0.1, -0.05) is 31.4 Å². The number of carbonyl (C=O) groups is 1. The summed E-state index contributed by atoms with van der Waals surface area (Å²) in [6.45, 7) is 0. The van der Waals surface area contributed by atoms with E-state index in [-0.39, 0.29) is 5.97 Å². The maximum absolute atomic E-state index is 10.8. The first-order valence-corrected chi connectivity index (χ1v) is 6.12. The van der Waals surface area contributed by atoms with Crippen molar-refractivity contribution < 1.29 is 9.53 Å². The SMILES string of the molecule is COC(=O)CCCCCCC/C=C/CCl. The molecule has 3 heteroatoms. The average Bonchev–Trinajstić information content (AvgIpc) is 2.26. The van der Waals surface area contributed by atoms with Crippen molar-refractivity contribution in [1.29, 1.82) is 0 Å². The van der Waals surface area contributed by atoms with Crippen molar-refractivity contribution in [2.45, 2.75) is 44.9 Å². The quantitative estimate of drug-likeness (QED) is 0.262. The summed E-state index contributed by atoms with van der Waals surface area (Å²) in [5, 5.41) is 0. The highest BCUT2D eigenvalue weighted by Crippen LogP contribution is 2.07. The van der Waals surface area contributed by atoms with E-state index in [1.807, 2.05) is 6.08 Å². The molecular formula is C12H21ClO2. The highest BCUT2D eigenvalue weighted by atomic mass is 35.5. The third-order valence-electron chi connectivity index (χ3n) is 2.24. The lowest BCUT2D eigenvalue weighted by molar-refractivity contribution is -0.140. The second-order valence-electron chi connectivity index (χ2n) is 3.51. The predicted octanol–water partition coefficient (Wildman–Crippen LogP) is 3.69. The van der Waals surface area contributed by atoms with Crippen LogP contribution < -0.4 is 0 Å². The van der Waals surface area contributed by atoms with Gasteiger partial charge in [-0.25, -0.2) is 0 Å². The third-order valence-corrected chi connectivity index (χ3v) is 2.41. The van der Waals surface area contributed by atoms with Crippen molar-refractivity contribution in [3.05, 3.63) is 12.2 Å². The van der Waals surface area contributed by atoms with Crippen molar-refractivity contribution in [2.75, 3.05) is 13.0 Å². The predicted molar refractivity (Wildman–Crippen MR) is 64.2 cm³/mol. The first-order chi connectivity index (χ1) is 7.31. The minimum Gasteiger partial charge on any atom is -0.469 e. The molecule has 15 heavy (non-hydrogen) atoms. The molecule has 0 saturated carbocycles. The van der Waals surface area contributed by atoms with Gasteiger partial charge in [-0.15, -0.1) is 11.6 Å². The zero-order valence-corrected chi connectivity index (χ0v) is 10.3. The Hall–Kier alpha value is -0.500. The lowest BCUT2D eigenvalue weighted by Crippen LogP contribution is -1.98. The van der Waals surface area contributed by atoms with E-state index in [2.05, 4.69) is 10.8 Å². The second-order valence-corrected chi connectivity index (χ2v) is 3.82. The number of halogens is 1. The molecule has 0 unspecified atom stereocenters. The summed E-state index contributed by atoms with van der Waals surface area (Å²) in [5.41, 5.74) is 0. The van der Waals surface area contributed by atoms with Gasteiger partial charge in [0, 0.05) is 12.3 Å². The van der Waals surface area contributed by atoms with Crippen LogP contribution in [0.5, 0.6) is 0 Å². The van der Waals surface area contributed by atoms with E-state index in [4.69, 9.17) is 11.6 Å². The topological polar surface area (TPSA) is 26.3 Å². The van der Waals surface area contributed by atoms with Crippen LogP contribution in [0.25, 0.3) is 0 Å². The van der Waals surface area contributed by atoms with Crippen LogP contribution in [-0.2, 0) is 9.53 Å². The van der Waals surface area contributed by atoms with Crippen LogP contribution in [0.2, 0.25) is 0 Å². The molecule has 0 fully saturated rings. The van der Waals surface area contributed by atoms with E-state index in [1.54, 1.807) is 0 Å². The van der Waals surface area contributed by atoms with Crippen LogP contribution >= 0.6 is 11.6 Å². The number of alkyl halides is 1. The summed E-state index contributed by atoms with van der Waals surface area (Å²) in [5.74, 6) is 0.513. The number of rotatable bonds is 9. The Morgan fingerprint density at radius 2 is 1.80 bits per heavy atom. The second kappa shape index (κ2) is 11.6. The molecule has 0 aliphatic carbocycles. The molecule has 0 saturated heterocycles. The maximum Gasteiger partial charge on any atom is 0.305 e. The molecule has 0 rings (SSSR count). The zero-order chi connectivity index (χ0) is 11.4. The molecule has 0 spiro atoms. The molecule has 2 nitrogen and oxygen atoms in total. The lowest BCUT2D eigenvalue weighted by atomic mass is 10.1. The maximum atomic E-state index is 10.8. The van der Waals surface area contributed by atoms with E-state index >= 15 is 0 Å². The van der Waals surface area contributed by atoms with Crippen molar-refractivity contribution >= 4 is 17.6 Å². The fourth-order valence-corrected chi connectivity index (χ4v) is 1.47. The molecular weight excluding hydrogens is 212 g/mol. The third kappa shape index (κ3) is 11.4. The van der Waals surface area contributed by atoms with Crippen molar-refractivity contribution in [1.82, 2.24) is 0 Å². The largest absolute Gasteiger partial charge is 0.469 e. The molecule has 0 N–H and O–H groups in total. The van der Waals surface area contributed by atoms with E-state index < -0.39 is 0 Å². The minimum atomic E-state index is -0.0972. The number of allylic oxidation sites excluding steroid dienone is 2. The van der Waals surface area contributed by atoms with Crippen LogP contribution in [0.4, 0.5) is 0 Å². The number of hydrogen-bond donors (Lipinski definition) is 0. The molecule has 0 aromatic heterocycles. The fourth-order valence-electron chi connectivity index (χ4n) is 1.34. The Morgan fingerprint density at radius 3 is 2.47 bits per heavy atom. The highest BCUT2D eigenvalue weighted by molar-refractivity contribution is 6.18. The van der Waals surface area contributed by atoms with E-state index in [9.17, 15) is 4.79 Å². The molecule has 0 aromatic carbocycles. The van der Waals surface area contributed by atoms with Crippen molar-refractivity contribution in [3.63, 3.8) is 0 Å². The molecule has 0 radical (unpaired) electrons. The first kappa shape index (κ1) is 14.5. The van der Waals surface area contributed by atoms with Gasteiger partial charge in [0.05, 0.1) is 7.11 Å². The van der Waals surface area contributed by atoms with E-state index in [0.29, 0.717) is 12.3 Å². The Bertz CT molecular complexity index is 178. The summed E-state index contributed by atoms with van der Waals surface area (Å²) >= 11 is 5.50. The molecule has 0 heterocycles. The van der Waals surface area contributed by atoms with Gasteiger partial charge in [-0.05, 0) is 19.3 Å². The van der Waals surface area contributed by atoms with Gasteiger partial charge in [0.25, 0.3) is 0 Å². The number of hydrogen-bond acceptors (Lipinski definition) is 2. The van der Waals surface area contributed by atoms with E-state index in [1.165, 1.54) is 26.4 Å². The molecule has 88 valence electrons. The van der Waals surface area contributed by atoms with Gasteiger partial charge >= 0.3 is 5.97 Å². The minimum absolute atomic E-state index is 0.0972. The van der Waals surface area contributed by atoms with Crippen LogP contribution in [0.1, 0.15) is 44.9 Å². The highest BCUT2D eigenvalue weighted by Gasteiger charge is 1.98. The Balaban J connectivity index is 3.05. The van der Waals surface area contributed by atoms with Gasteiger partial charge in [0.2, 0.25) is 0 Å². The number of methoxy groups -OCH3 is 1. The molecule has 0 aliphatic heterocycles. The number of carbonyl (C=O) groups excluding carboxylic acids is 1. The Labute approximate surface area is 97.6 Å². The zero-order valence-electron chi connectivity index (χ0n) is 9.51. The summed E-state index contributed by atoms with van der Waals surface area (Å²) in [7, 11) is 1.44. The summed E-state index contributed by atoms with van der Waals surface area (Å²) < 4.78 is 4.56. The number of unbranched alkanes of at least 4 members (excludes halogenated alkanes) is 5. The molecule has 0 bridgehead atoms. The lowest BCUT2D eigenvalue weighted by Gasteiger charge is -1.99. The smallest absolute Gasteiger partial charge is 0.305 e. The summed E-state index contributed by atoms with van der Waals surface area (Å²) in [6.07, 6.45) is 11.5. The summed E-state index contributed by atoms with van der Waals surface area (Å²) in [4.78, 5) is 10.8. The number of ether oxygens (including phenoxy) is 1. The molecule has 0 amide bonds. The molecule has 0 atom stereocenters. The van der Waals surface area contributed by atoms with Crippen molar-refractivity contribution in [2.24, 2.45) is 0 Å². The van der Waals surface area contributed by atoms with Gasteiger partial charge in [-0.2, -0.15) is 0 Å². The van der Waals surface area contributed by atoms with Crippen LogP contribution in [0.15, 0.2) is 12.2 Å². The standard InChI is InChI=1S/C12H21ClO2/c1-15-12(14)10-8-6-4-2-3-5-7-9-11-13/h7,9H,2-6,8,10-11H2,1H3/b9-7+. The van der Waals surface area contributed by atoms with Gasteiger partial charge in [-0.3, -0.25) is 4.79 Å². The van der Waals surface area contributed by atoms with Crippen LogP contribution in [-0.4, -0.2) is 19.0 Å². The van der Waals surface area contributed by atoms with Crippen LogP contribution in [0, 0.1) is 0 Å². The fraction of sp³-hybridized carbons (Fsp3) is 0.750. The monoisotopic (exact) mass is 232 g/mol. The van der Waals surface area contributed by atoms with Crippen LogP contribution in [0.3, 0.4) is 0 Å². The first-order valence-electron chi connectivity index (χ1n) is 5.59. The molecule has 0 aliphatic rings. The number of esters is 1. The Morgan fingerprint density at radius 1 is 1.13 bits per heavy atom. The van der Waals surface area contributed by atoms with Gasteiger partial charge in [0.15, 0.2) is 0 Å². The van der Waals surface area contributed by atoms with Gasteiger partial charge < -0.3 is 4.74 Å². The average molecular weight is 233 g/mol.